The van der Waals surface area contributed by atoms with Gasteiger partial charge in [-0.1, -0.05) is 30.3 Å². The van der Waals surface area contributed by atoms with Crippen LogP contribution in [0.25, 0.3) is 5.69 Å². The summed E-state index contributed by atoms with van der Waals surface area (Å²) in [6, 6.07) is 19.8. The maximum Gasteiger partial charge on any atom is 0.342 e. The number of aromatic nitrogens is 3. The Labute approximate surface area is 193 Å². The monoisotopic (exact) mass is 456 g/mol. The number of anilines is 3. The van der Waals surface area contributed by atoms with Gasteiger partial charge in [0.2, 0.25) is 0 Å². The number of nitrogens with one attached hydrogen (secondary N) is 2. The van der Waals surface area contributed by atoms with E-state index in [1.807, 2.05) is 12.1 Å². The lowest BCUT2D eigenvalue weighted by Crippen LogP contribution is -2.23. The van der Waals surface area contributed by atoms with Crippen molar-refractivity contribution < 1.29 is 18.7 Å². The molecule has 0 radical (unpaired) electrons. The third kappa shape index (κ3) is 4.89. The molecular formula is C24H17FN6O3. The van der Waals surface area contributed by atoms with Gasteiger partial charge in [0, 0.05) is 6.20 Å². The van der Waals surface area contributed by atoms with Gasteiger partial charge < -0.3 is 15.4 Å². The quantitative estimate of drug-likeness (QED) is 0.406. The van der Waals surface area contributed by atoms with Gasteiger partial charge in [-0.2, -0.15) is 10.4 Å². The number of benzene rings is 2. The second kappa shape index (κ2) is 10.1. The predicted octanol–water partition coefficient (Wildman–Crippen LogP) is 3.82. The number of nitriles is 1. The lowest BCUT2D eigenvalue weighted by molar-refractivity contribution is -0.119. The van der Waals surface area contributed by atoms with Crippen molar-refractivity contribution in [2.75, 3.05) is 17.2 Å². The Morgan fingerprint density at radius 3 is 2.59 bits per heavy atom. The van der Waals surface area contributed by atoms with Crippen molar-refractivity contribution >= 4 is 29.2 Å². The van der Waals surface area contributed by atoms with Crippen LogP contribution in [0.1, 0.15) is 15.9 Å². The summed E-state index contributed by atoms with van der Waals surface area (Å²) >= 11 is 0. The van der Waals surface area contributed by atoms with Crippen LogP contribution in [-0.2, 0) is 9.53 Å². The molecule has 168 valence electrons. The molecular weight excluding hydrogens is 439 g/mol. The molecule has 4 aromatic rings. The average Bonchev–Trinajstić information content (AvgIpc) is 3.27. The number of rotatable bonds is 7. The standard InChI is InChI=1S/C24H17FN6O3/c25-19-10-4-5-11-20(19)29-22-18(9-6-12-27-22)24(33)34-15-21(32)30-23-16(13-26)14-28-31(23)17-7-2-1-3-8-17/h1-12,14H,15H2,(H,27,29)(H,30,32). The Morgan fingerprint density at radius 1 is 1.06 bits per heavy atom. The molecule has 2 heterocycles. The van der Waals surface area contributed by atoms with Crippen molar-refractivity contribution in [2.45, 2.75) is 0 Å². The van der Waals surface area contributed by atoms with E-state index in [0.29, 0.717) is 5.69 Å². The van der Waals surface area contributed by atoms with Crippen LogP contribution in [0, 0.1) is 17.1 Å². The minimum atomic E-state index is -0.834. The van der Waals surface area contributed by atoms with Crippen LogP contribution >= 0.6 is 0 Å². The SMILES string of the molecule is N#Cc1cnn(-c2ccccc2)c1NC(=O)COC(=O)c1cccnc1Nc1ccccc1F. The van der Waals surface area contributed by atoms with E-state index in [2.05, 4.69) is 20.7 Å². The fraction of sp³-hybridized carbons (Fsp3) is 0.0417. The normalized spacial score (nSPS) is 10.2. The molecule has 0 bridgehead atoms. The average molecular weight is 456 g/mol. The van der Waals surface area contributed by atoms with Crippen molar-refractivity contribution in [3.8, 4) is 11.8 Å². The third-order valence-corrected chi connectivity index (χ3v) is 4.64. The molecule has 0 aliphatic rings. The lowest BCUT2D eigenvalue weighted by atomic mass is 10.2. The minimum Gasteiger partial charge on any atom is -0.452 e. The molecule has 9 nitrogen and oxygen atoms in total. The molecule has 0 aliphatic carbocycles. The van der Waals surface area contributed by atoms with Gasteiger partial charge in [-0.15, -0.1) is 0 Å². The van der Waals surface area contributed by atoms with Gasteiger partial charge in [0.15, 0.2) is 12.4 Å². The summed E-state index contributed by atoms with van der Waals surface area (Å²) < 4.78 is 20.5. The Balaban J connectivity index is 1.45. The summed E-state index contributed by atoms with van der Waals surface area (Å²) in [5.41, 5.74) is 0.930. The van der Waals surface area contributed by atoms with E-state index in [-0.39, 0.29) is 28.5 Å². The number of para-hydroxylation sites is 2. The van der Waals surface area contributed by atoms with Gasteiger partial charge >= 0.3 is 5.97 Å². The largest absolute Gasteiger partial charge is 0.452 e. The number of amides is 1. The number of carbonyl (C=O) groups is 2. The topological polar surface area (TPSA) is 122 Å². The fourth-order valence-corrected chi connectivity index (χ4v) is 3.05. The van der Waals surface area contributed by atoms with E-state index in [9.17, 15) is 19.2 Å². The van der Waals surface area contributed by atoms with Gasteiger partial charge in [0.1, 0.15) is 28.8 Å². The molecule has 2 aromatic carbocycles. The van der Waals surface area contributed by atoms with Gasteiger partial charge in [0.25, 0.3) is 5.91 Å². The Kier molecular flexibility index (Phi) is 6.55. The Bertz CT molecular complexity index is 1380. The van der Waals surface area contributed by atoms with E-state index >= 15 is 0 Å². The second-order valence-corrected chi connectivity index (χ2v) is 6.89. The van der Waals surface area contributed by atoms with Crippen molar-refractivity contribution in [3.63, 3.8) is 0 Å². The number of carbonyl (C=O) groups excluding carboxylic acids is 2. The molecule has 0 fully saturated rings. The highest BCUT2D eigenvalue weighted by Gasteiger charge is 2.19. The molecule has 0 aliphatic heterocycles. The van der Waals surface area contributed by atoms with Gasteiger partial charge in [-0.25, -0.2) is 18.9 Å². The van der Waals surface area contributed by atoms with E-state index in [0.717, 1.165) is 0 Å². The molecule has 0 unspecified atom stereocenters. The number of ether oxygens (including phenoxy) is 1. The van der Waals surface area contributed by atoms with Crippen molar-refractivity contribution in [1.29, 1.82) is 5.26 Å². The molecule has 2 N–H and O–H groups in total. The number of halogens is 1. The molecule has 1 amide bonds. The molecule has 10 heteroatoms. The van der Waals surface area contributed by atoms with Crippen molar-refractivity contribution in [1.82, 2.24) is 14.8 Å². The molecule has 0 saturated carbocycles. The van der Waals surface area contributed by atoms with Crippen LogP contribution in [-0.4, -0.2) is 33.2 Å². The first-order valence-corrected chi connectivity index (χ1v) is 10.0. The highest BCUT2D eigenvalue weighted by atomic mass is 19.1. The van der Waals surface area contributed by atoms with Gasteiger partial charge in [-0.05, 0) is 36.4 Å². The molecule has 0 spiro atoms. The first-order valence-electron chi connectivity index (χ1n) is 10.0. The summed E-state index contributed by atoms with van der Waals surface area (Å²) in [7, 11) is 0. The molecule has 4 rings (SSSR count). The van der Waals surface area contributed by atoms with Gasteiger partial charge in [-0.3, -0.25) is 4.79 Å². The number of esters is 1. The fourth-order valence-electron chi connectivity index (χ4n) is 3.05. The van der Waals surface area contributed by atoms with E-state index < -0.39 is 24.3 Å². The van der Waals surface area contributed by atoms with E-state index in [1.54, 1.807) is 30.3 Å². The highest BCUT2D eigenvalue weighted by molar-refractivity contribution is 5.98. The van der Waals surface area contributed by atoms with Crippen LogP contribution < -0.4 is 10.6 Å². The first-order chi connectivity index (χ1) is 16.6. The van der Waals surface area contributed by atoms with Crippen LogP contribution in [0.4, 0.5) is 21.7 Å². The molecule has 2 aromatic heterocycles. The molecule has 0 saturated heterocycles. The van der Waals surface area contributed by atoms with Crippen molar-refractivity contribution in [3.05, 3.63) is 96.1 Å². The Morgan fingerprint density at radius 2 is 1.82 bits per heavy atom. The van der Waals surface area contributed by atoms with Crippen LogP contribution in [0.5, 0.6) is 0 Å². The maximum atomic E-state index is 14.0. The molecule has 34 heavy (non-hydrogen) atoms. The van der Waals surface area contributed by atoms with E-state index in [1.165, 1.54) is 47.4 Å². The van der Waals surface area contributed by atoms with Crippen LogP contribution in [0.3, 0.4) is 0 Å². The smallest absolute Gasteiger partial charge is 0.342 e. The summed E-state index contributed by atoms with van der Waals surface area (Å²) in [6.07, 6.45) is 2.76. The summed E-state index contributed by atoms with van der Waals surface area (Å²) in [6.45, 7) is -0.627. The number of pyridine rings is 1. The van der Waals surface area contributed by atoms with Crippen LogP contribution in [0.2, 0.25) is 0 Å². The minimum absolute atomic E-state index is 0.0191. The molecule has 0 atom stereocenters. The zero-order valence-corrected chi connectivity index (χ0v) is 17.6. The van der Waals surface area contributed by atoms with Crippen molar-refractivity contribution in [2.24, 2.45) is 0 Å². The summed E-state index contributed by atoms with van der Waals surface area (Å²) in [4.78, 5) is 29.2. The first kappa shape index (κ1) is 22.2. The number of nitrogens with zero attached hydrogens (tertiary/aromatic N) is 4. The zero-order valence-electron chi connectivity index (χ0n) is 17.6. The predicted molar refractivity (Wildman–Crippen MR) is 121 cm³/mol. The third-order valence-electron chi connectivity index (χ3n) is 4.64. The summed E-state index contributed by atoms with van der Waals surface area (Å²) in [5, 5.41) is 18.8. The van der Waals surface area contributed by atoms with Crippen LogP contribution in [0.15, 0.2) is 79.1 Å². The Hall–Kier alpha value is -5.04. The number of hydrogen-bond donors (Lipinski definition) is 2. The van der Waals surface area contributed by atoms with Gasteiger partial charge in [0.05, 0.1) is 17.6 Å². The summed E-state index contributed by atoms with van der Waals surface area (Å²) in [5.74, 6) is -1.80. The highest BCUT2D eigenvalue weighted by Crippen LogP contribution is 2.22. The zero-order chi connectivity index (χ0) is 23.9. The second-order valence-electron chi connectivity index (χ2n) is 6.89. The maximum absolute atomic E-state index is 14.0. The lowest BCUT2D eigenvalue weighted by Gasteiger charge is -2.12. The van der Waals surface area contributed by atoms with E-state index in [4.69, 9.17) is 4.74 Å². The number of hydrogen-bond acceptors (Lipinski definition) is 7.